The Balaban J connectivity index is 1.86. The third kappa shape index (κ3) is 4.05. The Kier molecular flexibility index (Phi) is 5.41. The fraction of sp³-hybridized carbons (Fsp3) is 0.100. The van der Waals surface area contributed by atoms with Crippen LogP contribution in [0.5, 0.6) is 0 Å². The first-order chi connectivity index (χ1) is 13.9. The molecule has 0 saturated heterocycles. The number of halogens is 3. The first-order valence-electron chi connectivity index (χ1n) is 8.77. The summed E-state index contributed by atoms with van der Waals surface area (Å²) in [6, 6.07) is 9.80. The number of rotatable bonds is 5. The zero-order valence-electron chi connectivity index (χ0n) is 15.1. The molecule has 0 radical (unpaired) electrons. The maximum atomic E-state index is 6.27. The van der Waals surface area contributed by atoms with Crippen LogP contribution < -0.4 is 16.8 Å². The SMILES string of the molecule is NC(N)=NCCc1cc(Nc2c(Cl)cncc2Cl)cc2c1[nH]c1ccc(Cl)cc12. The van der Waals surface area contributed by atoms with Gasteiger partial charge in [-0.1, -0.05) is 34.8 Å². The summed E-state index contributed by atoms with van der Waals surface area (Å²) < 4.78 is 0. The number of hydrogen-bond acceptors (Lipinski definition) is 3. The molecular formula is C20H17Cl3N6. The van der Waals surface area contributed by atoms with Crippen molar-refractivity contribution in [2.24, 2.45) is 16.5 Å². The number of nitrogens with zero attached hydrogens (tertiary/aromatic N) is 2. The number of aliphatic imine (C=N–C) groups is 1. The third-order valence-electron chi connectivity index (χ3n) is 4.55. The van der Waals surface area contributed by atoms with Gasteiger partial charge in [0.25, 0.3) is 0 Å². The van der Waals surface area contributed by atoms with Gasteiger partial charge in [-0.25, -0.2) is 0 Å². The number of aromatic amines is 1. The van der Waals surface area contributed by atoms with E-state index in [1.807, 2.05) is 30.3 Å². The summed E-state index contributed by atoms with van der Waals surface area (Å²) in [5.41, 5.74) is 15.4. The molecule has 6 N–H and O–H groups in total. The van der Waals surface area contributed by atoms with Crippen LogP contribution in [0.4, 0.5) is 11.4 Å². The molecule has 0 spiro atoms. The van der Waals surface area contributed by atoms with E-state index in [1.54, 1.807) is 12.4 Å². The van der Waals surface area contributed by atoms with E-state index in [4.69, 9.17) is 46.3 Å². The molecule has 0 amide bonds. The molecule has 2 aromatic heterocycles. The van der Waals surface area contributed by atoms with Crippen molar-refractivity contribution >= 4 is 73.9 Å². The van der Waals surface area contributed by atoms with Gasteiger partial charge in [-0.3, -0.25) is 9.98 Å². The van der Waals surface area contributed by atoms with Gasteiger partial charge in [0, 0.05) is 51.5 Å². The van der Waals surface area contributed by atoms with Crippen molar-refractivity contribution in [3.8, 4) is 0 Å². The number of anilines is 2. The Bertz CT molecular complexity index is 1220. The second kappa shape index (κ2) is 7.99. The molecule has 9 heteroatoms. The number of guanidine groups is 1. The molecule has 2 aromatic carbocycles. The largest absolute Gasteiger partial charge is 0.370 e. The van der Waals surface area contributed by atoms with Crippen LogP contribution in [0.15, 0.2) is 47.7 Å². The van der Waals surface area contributed by atoms with Crippen LogP contribution in [-0.2, 0) is 6.42 Å². The second-order valence-electron chi connectivity index (χ2n) is 6.53. The lowest BCUT2D eigenvalue weighted by Gasteiger charge is -2.12. The molecule has 0 fully saturated rings. The predicted molar refractivity (Wildman–Crippen MR) is 123 cm³/mol. The molecule has 148 valence electrons. The summed E-state index contributed by atoms with van der Waals surface area (Å²) in [5.74, 6) is 0.0642. The Hall–Kier alpha value is -2.67. The lowest BCUT2D eigenvalue weighted by atomic mass is 10.0. The molecule has 0 aliphatic carbocycles. The highest BCUT2D eigenvalue weighted by atomic mass is 35.5. The summed E-state index contributed by atoms with van der Waals surface area (Å²) in [6.07, 6.45) is 3.72. The maximum absolute atomic E-state index is 6.27. The van der Waals surface area contributed by atoms with Crippen LogP contribution in [-0.4, -0.2) is 22.5 Å². The lowest BCUT2D eigenvalue weighted by Crippen LogP contribution is -2.23. The molecule has 4 rings (SSSR count). The molecule has 29 heavy (non-hydrogen) atoms. The van der Waals surface area contributed by atoms with Gasteiger partial charge in [-0.05, 0) is 42.3 Å². The number of H-pyrrole nitrogens is 1. The van der Waals surface area contributed by atoms with Crippen LogP contribution in [0.1, 0.15) is 5.56 Å². The van der Waals surface area contributed by atoms with E-state index >= 15 is 0 Å². The highest BCUT2D eigenvalue weighted by molar-refractivity contribution is 6.39. The summed E-state index contributed by atoms with van der Waals surface area (Å²) in [5, 5.41) is 6.88. The van der Waals surface area contributed by atoms with Crippen molar-refractivity contribution < 1.29 is 0 Å². The van der Waals surface area contributed by atoms with Crippen molar-refractivity contribution in [1.82, 2.24) is 9.97 Å². The Morgan fingerprint density at radius 3 is 2.52 bits per heavy atom. The van der Waals surface area contributed by atoms with Crippen molar-refractivity contribution in [3.63, 3.8) is 0 Å². The van der Waals surface area contributed by atoms with Crippen LogP contribution in [0.25, 0.3) is 21.8 Å². The molecule has 4 aromatic rings. The maximum Gasteiger partial charge on any atom is 0.185 e. The minimum absolute atomic E-state index is 0.0642. The van der Waals surface area contributed by atoms with Gasteiger partial charge >= 0.3 is 0 Å². The molecule has 0 saturated carbocycles. The normalized spacial score (nSPS) is 11.1. The number of hydrogen-bond donors (Lipinski definition) is 4. The van der Waals surface area contributed by atoms with Crippen LogP contribution in [0.2, 0.25) is 15.1 Å². The van der Waals surface area contributed by atoms with Gasteiger partial charge in [0.1, 0.15) is 0 Å². The summed E-state index contributed by atoms with van der Waals surface area (Å²) >= 11 is 18.8. The molecule has 2 heterocycles. The second-order valence-corrected chi connectivity index (χ2v) is 7.78. The third-order valence-corrected chi connectivity index (χ3v) is 5.36. The number of aromatic nitrogens is 2. The van der Waals surface area contributed by atoms with Gasteiger partial charge in [0.05, 0.1) is 15.7 Å². The van der Waals surface area contributed by atoms with Crippen molar-refractivity contribution in [3.05, 3.63) is 63.4 Å². The number of nitrogens with two attached hydrogens (primary N) is 2. The van der Waals surface area contributed by atoms with Gasteiger partial charge in [0.2, 0.25) is 0 Å². The van der Waals surface area contributed by atoms with Gasteiger partial charge in [0.15, 0.2) is 5.96 Å². The smallest absolute Gasteiger partial charge is 0.185 e. The monoisotopic (exact) mass is 446 g/mol. The Morgan fingerprint density at radius 1 is 1.03 bits per heavy atom. The van der Waals surface area contributed by atoms with Crippen LogP contribution >= 0.6 is 34.8 Å². The molecule has 6 nitrogen and oxygen atoms in total. The van der Waals surface area contributed by atoms with Crippen molar-refractivity contribution in [1.29, 1.82) is 0 Å². The number of pyridine rings is 1. The molecular weight excluding hydrogens is 431 g/mol. The Morgan fingerprint density at radius 2 is 1.79 bits per heavy atom. The minimum atomic E-state index is 0.0642. The minimum Gasteiger partial charge on any atom is -0.370 e. The zero-order valence-corrected chi connectivity index (χ0v) is 17.4. The standard InChI is InChI=1S/C20H17Cl3N6/c21-11-1-2-17-13(6-11)14-7-12(28-19-15(22)8-26-9-16(19)23)5-10(18(14)29-17)3-4-27-20(24)25/h1-2,5-9,29H,3-4H2,(H,26,28)(H4,24,25,27). The van der Waals surface area contributed by atoms with Gasteiger partial charge in [-0.15, -0.1) is 0 Å². The van der Waals surface area contributed by atoms with Crippen molar-refractivity contribution in [2.75, 3.05) is 11.9 Å². The summed E-state index contributed by atoms with van der Waals surface area (Å²) in [6.45, 7) is 0.466. The van der Waals surface area contributed by atoms with E-state index in [0.29, 0.717) is 33.7 Å². The van der Waals surface area contributed by atoms with E-state index in [-0.39, 0.29) is 5.96 Å². The number of nitrogens with one attached hydrogen (secondary N) is 2. The van der Waals surface area contributed by atoms with Gasteiger partial charge < -0.3 is 21.8 Å². The number of benzene rings is 2. The average Bonchev–Trinajstić information content (AvgIpc) is 3.03. The molecule has 0 atom stereocenters. The van der Waals surface area contributed by atoms with E-state index < -0.39 is 0 Å². The average molecular weight is 448 g/mol. The first kappa shape index (κ1) is 19.6. The fourth-order valence-electron chi connectivity index (χ4n) is 3.30. The summed E-state index contributed by atoms with van der Waals surface area (Å²) in [4.78, 5) is 11.6. The van der Waals surface area contributed by atoms with E-state index in [9.17, 15) is 0 Å². The predicted octanol–water partition coefficient (Wildman–Crippen LogP) is 5.24. The highest BCUT2D eigenvalue weighted by Crippen LogP contribution is 2.36. The zero-order chi connectivity index (χ0) is 20.5. The molecule has 0 aliphatic rings. The molecule has 0 unspecified atom stereocenters. The first-order valence-corrected chi connectivity index (χ1v) is 9.91. The molecule has 0 bridgehead atoms. The van der Waals surface area contributed by atoms with E-state index in [2.05, 4.69) is 20.3 Å². The van der Waals surface area contributed by atoms with E-state index in [0.717, 1.165) is 33.1 Å². The lowest BCUT2D eigenvalue weighted by molar-refractivity contribution is 0.968. The Labute approximate surface area is 181 Å². The van der Waals surface area contributed by atoms with E-state index in [1.165, 1.54) is 0 Å². The number of fused-ring (bicyclic) bond motifs is 3. The van der Waals surface area contributed by atoms with Crippen molar-refractivity contribution in [2.45, 2.75) is 6.42 Å². The quantitative estimate of drug-likeness (QED) is 0.248. The summed E-state index contributed by atoms with van der Waals surface area (Å²) in [7, 11) is 0. The molecule has 0 aliphatic heterocycles. The topological polar surface area (TPSA) is 105 Å². The van der Waals surface area contributed by atoms with Crippen LogP contribution in [0.3, 0.4) is 0 Å². The van der Waals surface area contributed by atoms with Gasteiger partial charge in [-0.2, -0.15) is 0 Å². The van der Waals surface area contributed by atoms with Crippen LogP contribution in [0, 0.1) is 0 Å². The highest BCUT2D eigenvalue weighted by Gasteiger charge is 2.13. The fourth-order valence-corrected chi connectivity index (χ4v) is 3.93.